The molecule has 2 heterocycles. The maximum Gasteiger partial charge on any atom is 0.193 e. The zero-order valence-electron chi connectivity index (χ0n) is 8.37. The average molecular weight is 242 g/mol. The average Bonchev–Trinajstić information content (AvgIpc) is 2.84. The summed E-state index contributed by atoms with van der Waals surface area (Å²) in [6.45, 7) is 2.13. The highest BCUT2D eigenvalue weighted by Crippen LogP contribution is 2.29. The van der Waals surface area contributed by atoms with E-state index in [4.69, 9.17) is 21.8 Å². The van der Waals surface area contributed by atoms with Gasteiger partial charge in [0.15, 0.2) is 5.22 Å². The molecule has 2 N–H and O–H groups in total. The lowest BCUT2D eigenvalue weighted by Crippen LogP contribution is -2.08. The van der Waals surface area contributed by atoms with Crippen LogP contribution in [0.1, 0.15) is 28.5 Å². The van der Waals surface area contributed by atoms with Crippen molar-refractivity contribution in [2.24, 2.45) is 5.73 Å². The monoisotopic (exact) mass is 241 g/mol. The highest BCUT2D eigenvalue weighted by atomic mass is 35.5. The zero-order chi connectivity index (χ0) is 10.8. The molecular weight excluding hydrogens is 230 g/mol. The number of thiophene rings is 1. The van der Waals surface area contributed by atoms with Crippen molar-refractivity contribution in [3.63, 3.8) is 0 Å². The fraction of sp³-hybridized carbons (Fsp3) is 0.273. The van der Waals surface area contributed by atoms with Crippen molar-refractivity contribution < 1.29 is 4.42 Å². The molecule has 0 aliphatic heterocycles. The predicted octanol–water partition coefficient (Wildman–Crippen LogP) is 3.61. The lowest BCUT2D eigenvalue weighted by Gasteiger charge is -2.04. The van der Waals surface area contributed by atoms with Crippen LogP contribution in [0.5, 0.6) is 0 Å². The van der Waals surface area contributed by atoms with Crippen molar-refractivity contribution in [3.05, 3.63) is 45.0 Å². The predicted molar refractivity (Wildman–Crippen MR) is 63.4 cm³/mol. The van der Waals surface area contributed by atoms with Crippen LogP contribution in [0.25, 0.3) is 0 Å². The molecule has 0 aliphatic carbocycles. The van der Waals surface area contributed by atoms with Gasteiger partial charge in [-0.3, -0.25) is 0 Å². The summed E-state index contributed by atoms with van der Waals surface area (Å²) in [5, 5.41) is 0.382. The van der Waals surface area contributed by atoms with E-state index < -0.39 is 0 Å². The molecule has 0 spiro atoms. The van der Waals surface area contributed by atoms with E-state index in [0.717, 1.165) is 11.3 Å². The summed E-state index contributed by atoms with van der Waals surface area (Å²) in [6.07, 6.45) is 1.04. The fourth-order valence-corrected chi connectivity index (χ4v) is 2.50. The summed E-state index contributed by atoms with van der Waals surface area (Å²) in [6, 6.07) is 7.47. The number of hydrogen-bond acceptors (Lipinski definition) is 3. The molecule has 0 bridgehead atoms. The first-order chi connectivity index (χ1) is 7.20. The topological polar surface area (TPSA) is 39.2 Å². The van der Waals surface area contributed by atoms with Gasteiger partial charge < -0.3 is 10.2 Å². The van der Waals surface area contributed by atoms with Crippen molar-refractivity contribution >= 4 is 22.9 Å². The third kappa shape index (κ3) is 2.25. The molecular formula is C11H12ClNOS. The normalized spacial score (nSPS) is 13.0. The SMILES string of the molecule is CCc1ccc(C(N)c2ccc(Cl)o2)s1. The van der Waals surface area contributed by atoms with Gasteiger partial charge in [-0.25, -0.2) is 0 Å². The standard InChI is InChI=1S/C11H12ClNOS/c1-2-7-3-5-9(15-7)11(13)8-4-6-10(12)14-8/h3-6,11H,2,13H2,1H3. The summed E-state index contributed by atoms with van der Waals surface area (Å²) in [4.78, 5) is 2.44. The van der Waals surface area contributed by atoms with E-state index >= 15 is 0 Å². The van der Waals surface area contributed by atoms with Gasteiger partial charge in [0.05, 0.1) is 6.04 Å². The van der Waals surface area contributed by atoms with Gasteiger partial charge in [0, 0.05) is 9.75 Å². The van der Waals surface area contributed by atoms with E-state index in [-0.39, 0.29) is 6.04 Å². The molecule has 0 amide bonds. The molecule has 2 aromatic rings. The Morgan fingerprint density at radius 1 is 1.40 bits per heavy atom. The van der Waals surface area contributed by atoms with Crippen LogP contribution in [-0.4, -0.2) is 0 Å². The van der Waals surface area contributed by atoms with E-state index in [2.05, 4.69) is 13.0 Å². The van der Waals surface area contributed by atoms with Crippen LogP contribution in [0.15, 0.2) is 28.7 Å². The Balaban J connectivity index is 2.23. The second kappa shape index (κ2) is 4.39. The summed E-state index contributed by atoms with van der Waals surface area (Å²) in [5.41, 5.74) is 6.06. The smallest absolute Gasteiger partial charge is 0.193 e. The summed E-state index contributed by atoms with van der Waals surface area (Å²) in [5.74, 6) is 0.713. The quantitative estimate of drug-likeness (QED) is 0.892. The van der Waals surface area contributed by atoms with Crippen LogP contribution in [0, 0.1) is 0 Å². The summed E-state index contributed by atoms with van der Waals surface area (Å²) >= 11 is 7.42. The largest absolute Gasteiger partial charge is 0.448 e. The third-order valence-electron chi connectivity index (χ3n) is 2.24. The molecule has 0 radical (unpaired) electrons. The van der Waals surface area contributed by atoms with Gasteiger partial charge >= 0.3 is 0 Å². The van der Waals surface area contributed by atoms with Crippen LogP contribution in [-0.2, 0) is 6.42 Å². The van der Waals surface area contributed by atoms with E-state index in [1.165, 1.54) is 4.88 Å². The van der Waals surface area contributed by atoms with Gasteiger partial charge in [0.25, 0.3) is 0 Å². The Morgan fingerprint density at radius 3 is 2.73 bits per heavy atom. The molecule has 0 fully saturated rings. The van der Waals surface area contributed by atoms with Crippen molar-refractivity contribution in [2.45, 2.75) is 19.4 Å². The zero-order valence-corrected chi connectivity index (χ0v) is 9.94. The number of furan rings is 1. The molecule has 2 aromatic heterocycles. The van der Waals surface area contributed by atoms with Crippen LogP contribution in [0.2, 0.25) is 5.22 Å². The Kier molecular flexibility index (Phi) is 3.14. The fourth-order valence-electron chi connectivity index (χ4n) is 1.39. The Hall–Kier alpha value is -0.770. The first kappa shape index (κ1) is 10.7. The highest BCUT2D eigenvalue weighted by molar-refractivity contribution is 7.12. The number of rotatable bonds is 3. The van der Waals surface area contributed by atoms with Crippen molar-refractivity contribution in [2.75, 3.05) is 0 Å². The number of nitrogens with two attached hydrogens (primary N) is 1. The van der Waals surface area contributed by atoms with E-state index in [1.807, 2.05) is 12.1 Å². The van der Waals surface area contributed by atoms with Gasteiger partial charge in [-0.2, -0.15) is 0 Å². The minimum Gasteiger partial charge on any atom is -0.448 e. The minimum atomic E-state index is -0.206. The van der Waals surface area contributed by atoms with Crippen LogP contribution in [0.3, 0.4) is 0 Å². The van der Waals surface area contributed by atoms with Crippen LogP contribution >= 0.6 is 22.9 Å². The van der Waals surface area contributed by atoms with Gasteiger partial charge in [0.1, 0.15) is 5.76 Å². The first-order valence-corrected chi connectivity index (χ1v) is 5.99. The first-order valence-electron chi connectivity index (χ1n) is 4.80. The molecule has 0 saturated carbocycles. The molecule has 1 atom stereocenters. The molecule has 80 valence electrons. The van der Waals surface area contributed by atoms with Crippen molar-refractivity contribution in [1.29, 1.82) is 0 Å². The molecule has 1 unspecified atom stereocenters. The van der Waals surface area contributed by atoms with Gasteiger partial charge in [-0.05, 0) is 42.3 Å². The Bertz CT molecular complexity index is 449. The molecule has 4 heteroatoms. The lowest BCUT2D eigenvalue weighted by atomic mass is 10.2. The maximum absolute atomic E-state index is 6.06. The molecule has 0 aliphatic rings. The summed E-state index contributed by atoms with van der Waals surface area (Å²) < 4.78 is 5.29. The maximum atomic E-state index is 6.06. The Labute approximate surface area is 97.7 Å². The van der Waals surface area contributed by atoms with Crippen molar-refractivity contribution in [3.8, 4) is 0 Å². The minimum absolute atomic E-state index is 0.206. The van der Waals surface area contributed by atoms with Crippen LogP contribution < -0.4 is 5.73 Å². The number of aryl methyl sites for hydroxylation is 1. The molecule has 0 aromatic carbocycles. The third-order valence-corrected chi connectivity index (χ3v) is 3.75. The number of halogens is 1. The second-order valence-corrected chi connectivity index (χ2v) is 4.85. The van der Waals surface area contributed by atoms with Gasteiger partial charge in [-0.1, -0.05) is 6.92 Å². The highest BCUT2D eigenvalue weighted by Gasteiger charge is 2.14. The number of hydrogen-bond donors (Lipinski definition) is 1. The van der Waals surface area contributed by atoms with E-state index in [1.54, 1.807) is 17.4 Å². The van der Waals surface area contributed by atoms with E-state index in [9.17, 15) is 0 Å². The molecule has 2 nitrogen and oxygen atoms in total. The van der Waals surface area contributed by atoms with E-state index in [0.29, 0.717) is 11.0 Å². The lowest BCUT2D eigenvalue weighted by molar-refractivity contribution is 0.493. The second-order valence-electron chi connectivity index (χ2n) is 3.28. The summed E-state index contributed by atoms with van der Waals surface area (Å²) in [7, 11) is 0. The Morgan fingerprint density at radius 2 is 2.20 bits per heavy atom. The molecule has 15 heavy (non-hydrogen) atoms. The van der Waals surface area contributed by atoms with Gasteiger partial charge in [0.2, 0.25) is 0 Å². The van der Waals surface area contributed by atoms with Gasteiger partial charge in [-0.15, -0.1) is 11.3 Å². The molecule has 2 rings (SSSR count). The van der Waals surface area contributed by atoms with Crippen molar-refractivity contribution in [1.82, 2.24) is 0 Å². The van der Waals surface area contributed by atoms with Crippen LogP contribution in [0.4, 0.5) is 0 Å². The molecule has 0 saturated heterocycles.